The average Bonchev–Trinajstić information content (AvgIpc) is 2.41. The van der Waals surface area contributed by atoms with Gasteiger partial charge in [0.1, 0.15) is 12.8 Å². The summed E-state index contributed by atoms with van der Waals surface area (Å²) in [6.45, 7) is 6.23. The Morgan fingerprint density at radius 2 is 1.90 bits per heavy atom. The zero-order valence-electron chi connectivity index (χ0n) is 12.1. The molecule has 0 saturated carbocycles. The molecule has 0 aromatic heterocycles. The molecule has 0 radical (unpaired) electrons. The van der Waals surface area contributed by atoms with Gasteiger partial charge >= 0.3 is 0 Å². The molecule has 1 aromatic carbocycles. The van der Waals surface area contributed by atoms with Gasteiger partial charge in [0.15, 0.2) is 0 Å². The van der Waals surface area contributed by atoms with Crippen molar-refractivity contribution >= 4 is 17.3 Å². The molecule has 20 heavy (non-hydrogen) atoms. The minimum absolute atomic E-state index is 0.112. The summed E-state index contributed by atoms with van der Waals surface area (Å²) in [4.78, 5) is 13.9. The second kappa shape index (κ2) is 9.06. The van der Waals surface area contributed by atoms with E-state index in [0.29, 0.717) is 18.2 Å². The molecule has 0 aliphatic heterocycles. The number of hydrogen-bond donors (Lipinski definition) is 0. The molecule has 0 N–H and O–H groups in total. The molecule has 1 rings (SSSR count). The lowest BCUT2D eigenvalue weighted by molar-refractivity contribution is -0.299. The van der Waals surface area contributed by atoms with Gasteiger partial charge in [0.2, 0.25) is 0 Å². The molecule has 0 bridgehead atoms. The third-order valence-electron chi connectivity index (χ3n) is 2.77. The summed E-state index contributed by atoms with van der Waals surface area (Å²) in [7, 11) is 0. The lowest BCUT2D eigenvalue weighted by atomic mass is 9.94. The van der Waals surface area contributed by atoms with E-state index in [1.165, 1.54) is 0 Å². The van der Waals surface area contributed by atoms with E-state index in [1.54, 1.807) is 19.1 Å². The summed E-state index contributed by atoms with van der Waals surface area (Å²) in [5, 5.41) is 0.628. The number of nitrogens with zero attached hydrogens (tertiary/aromatic N) is 1. The summed E-state index contributed by atoms with van der Waals surface area (Å²) >= 11 is 5.86. The highest BCUT2D eigenvalue weighted by atomic mass is 35.5. The van der Waals surface area contributed by atoms with Crippen LogP contribution in [0.2, 0.25) is 5.02 Å². The summed E-state index contributed by atoms with van der Waals surface area (Å²) < 4.78 is 14.3. The second-order valence-electron chi connectivity index (χ2n) is 4.65. The van der Waals surface area contributed by atoms with Crippen molar-refractivity contribution < 1.29 is 14.2 Å². The largest absolute Gasteiger partial charge is 0.294 e. The number of aliphatic imine (C=N–C) groups is 1. The third-order valence-corrected chi connectivity index (χ3v) is 3.02. The first-order chi connectivity index (χ1) is 9.54. The Morgan fingerprint density at radius 3 is 2.45 bits per heavy atom. The molecule has 0 saturated heterocycles. The summed E-state index contributed by atoms with van der Waals surface area (Å²) in [5.41, 5.74) is 1.77. The van der Waals surface area contributed by atoms with Crippen LogP contribution in [-0.2, 0) is 9.78 Å². The Kier molecular flexibility index (Phi) is 7.73. The Morgan fingerprint density at radius 1 is 1.25 bits per heavy atom. The van der Waals surface area contributed by atoms with E-state index in [9.17, 15) is 4.39 Å². The number of halogens is 2. The second-order valence-corrected chi connectivity index (χ2v) is 5.09. The normalized spacial score (nSPS) is 13.8. The molecule has 3 nitrogen and oxygen atoms in total. The van der Waals surface area contributed by atoms with Crippen LogP contribution in [-0.4, -0.2) is 31.6 Å². The molecule has 0 spiro atoms. The van der Waals surface area contributed by atoms with Gasteiger partial charge in [0.05, 0.1) is 6.61 Å². The summed E-state index contributed by atoms with van der Waals surface area (Å²) in [6.07, 6.45) is -1.19. The number of benzene rings is 1. The van der Waals surface area contributed by atoms with Crippen molar-refractivity contribution in [3.05, 3.63) is 34.9 Å². The summed E-state index contributed by atoms with van der Waals surface area (Å²) in [6, 6.07) is 7.15. The van der Waals surface area contributed by atoms with Crippen LogP contribution in [0, 0.1) is 0 Å². The summed E-state index contributed by atoms with van der Waals surface area (Å²) in [5.74, 6) is -0.373. The van der Waals surface area contributed by atoms with Gasteiger partial charge in [0, 0.05) is 23.2 Å². The molecule has 0 aliphatic rings. The number of hydrogen-bond acceptors (Lipinski definition) is 3. The number of rotatable bonds is 8. The van der Waals surface area contributed by atoms with Crippen LogP contribution in [0.5, 0.6) is 0 Å². The molecule has 0 fully saturated rings. The molecule has 0 aliphatic carbocycles. The van der Waals surface area contributed by atoms with Crippen LogP contribution in [0.3, 0.4) is 0 Å². The fourth-order valence-corrected chi connectivity index (χ4v) is 1.86. The van der Waals surface area contributed by atoms with Gasteiger partial charge < -0.3 is 0 Å². The van der Waals surface area contributed by atoms with Crippen molar-refractivity contribution in [2.24, 2.45) is 4.99 Å². The highest BCUT2D eigenvalue weighted by molar-refractivity contribution is 6.30. The first-order valence-electron chi connectivity index (χ1n) is 6.66. The van der Waals surface area contributed by atoms with Gasteiger partial charge in [-0.15, -0.1) is 0 Å². The maximum absolute atomic E-state index is 14.3. The lowest BCUT2D eigenvalue weighted by Gasteiger charge is -2.20. The topological polar surface area (TPSA) is 30.8 Å². The van der Waals surface area contributed by atoms with Crippen LogP contribution < -0.4 is 0 Å². The zero-order valence-corrected chi connectivity index (χ0v) is 12.9. The SMILES string of the molecule is CCOOCC(F)C(CN=C(C)C)c1ccc(Cl)cc1. The van der Waals surface area contributed by atoms with Gasteiger partial charge in [-0.25, -0.2) is 14.2 Å². The van der Waals surface area contributed by atoms with Crippen LogP contribution in [0.1, 0.15) is 32.3 Å². The Bertz CT molecular complexity index is 418. The van der Waals surface area contributed by atoms with Gasteiger partial charge in [-0.2, -0.15) is 0 Å². The van der Waals surface area contributed by atoms with Crippen LogP contribution in [0.25, 0.3) is 0 Å². The van der Waals surface area contributed by atoms with E-state index >= 15 is 0 Å². The van der Waals surface area contributed by atoms with Crippen molar-refractivity contribution in [2.45, 2.75) is 32.9 Å². The minimum Gasteiger partial charge on any atom is -0.294 e. The van der Waals surface area contributed by atoms with E-state index in [-0.39, 0.29) is 12.5 Å². The standard InChI is InChI=1S/C15H21ClFNO2/c1-4-19-20-10-15(17)14(9-18-11(2)3)12-5-7-13(16)8-6-12/h5-8,14-15H,4,9-10H2,1-3H3. The molecule has 5 heteroatoms. The van der Waals surface area contributed by atoms with Crippen molar-refractivity contribution in [3.8, 4) is 0 Å². The molecule has 1 aromatic rings. The number of alkyl halides is 1. The highest BCUT2D eigenvalue weighted by Crippen LogP contribution is 2.25. The molecular formula is C15H21ClFNO2. The molecule has 0 amide bonds. The van der Waals surface area contributed by atoms with Gasteiger partial charge in [-0.1, -0.05) is 23.7 Å². The first kappa shape index (κ1) is 17.1. The van der Waals surface area contributed by atoms with E-state index < -0.39 is 6.17 Å². The van der Waals surface area contributed by atoms with Crippen molar-refractivity contribution in [3.63, 3.8) is 0 Å². The Balaban J connectivity index is 2.78. The first-order valence-corrected chi connectivity index (χ1v) is 7.04. The van der Waals surface area contributed by atoms with Crippen molar-refractivity contribution in [1.82, 2.24) is 0 Å². The Labute approximate surface area is 124 Å². The fraction of sp³-hybridized carbons (Fsp3) is 0.533. The monoisotopic (exact) mass is 301 g/mol. The molecule has 112 valence electrons. The van der Waals surface area contributed by atoms with E-state index in [4.69, 9.17) is 21.4 Å². The van der Waals surface area contributed by atoms with Crippen LogP contribution >= 0.6 is 11.6 Å². The van der Waals surface area contributed by atoms with Crippen molar-refractivity contribution in [2.75, 3.05) is 19.8 Å². The Hall–Kier alpha value is -0.970. The lowest BCUT2D eigenvalue weighted by Crippen LogP contribution is -2.23. The van der Waals surface area contributed by atoms with E-state index in [0.717, 1.165) is 11.3 Å². The third kappa shape index (κ3) is 5.99. The minimum atomic E-state index is -1.19. The predicted octanol–water partition coefficient (Wildman–Crippen LogP) is 4.21. The average molecular weight is 302 g/mol. The molecule has 2 unspecified atom stereocenters. The zero-order chi connectivity index (χ0) is 15.0. The van der Waals surface area contributed by atoms with Gasteiger partial charge in [-0.05, 0) is 38.5 Å². The molecule has 0 heterocycles. The van der Waals surface area contributed by atoms with E-state index in [2.05, 4.69) is 4.99 Å². The smallest absolute Gasteiger partial charge is 0.135 e. The predicted molar refractivity (Wildman–Crippen MR) is 80.3 cm³/mol. The maximum atomic E-state index is 14.3. The highest BCUT2D eigenvalue weighted by Gasteiger charge is 2.23. The molecular weight excluding hydrogens is 281 g/mol. The van der Waals surface area contributed by atoms with E-state index in [1.807, 2.05) is 26.0 Å². The maximum Gasteiger partial charge on any atom is 0.135 e. The van der Waals surface area contributed by atoms with Crippen molar-refractivity contribution in [1.29, 1.82) is 0 Å². The molecule has 2 atom stereocenters. The fourth-order valence-electron chi connectivity index (χ4n) is 1.73. The van der Waals surface area contributed by atoms with Crippen LogP contribution in [0.15, 0.2) is 29.3 Å². The van der Waals surface area contributed by atoms with Crippen LogP contribution in [0.4, 0.5) is 4.39 Å². The van der Waals surface area contributed by atoms with Gasteiger partial charge in [-0.3, -0.25) is 4.99 Å². The van der Waals surface area contributed by atoms with Gasteiger partial charge in [0.25, 0.3) is 0 Å². The quantitative estimate of drug-likeness (QED) is 0.312.